The summed E-state index contributed by atoms with van der Waals surface area (Å²) >= 11 is 0. The number of phosphoric ester groups is 1. The molecule has 29 heavy (non-hydrogen) atoms. The zero-order valence-corrected chi connectivity index (χ0v) is 17.9. The number of carbonyl (C=O) groups excluding carboxylic acids is 1. The highest BCUT2D eigenvalue weighted by Gasteiger charge is 2.30. The molecule has 0 spiro atoms. The van der Waals surface area contributed by atoms with Crippen molar-refractivity contribution in [2.24, 2.45) is 5.92 Å². The zero-order chi connectivity index (χ0) is 21.3. The van der Waals surface area contributed by atoms with E-state index in [1.165, 1.54) is 0 Å². The Labute approximate surface area is 171 Å². The van der Waals surface area contributed by atoms with Crippen LogP contribution in [0.15, 0.2) is 30.3 Å². The second-order valence-corrected chi connectivity index (χ2v) is 10.7. The lowest BCUT2D eigenvalue weighted by atomic mass is 10.1. The topological polar surface area (TPSA) is 142 Å². The average Bonchev–Trinajstić information content (AvgIpc) is 3.11. The Balaban J connectivity index is 1.82. The first kappa shape index (κ1) is 23.8. The molecule has 2 amide bonds. The Bertz CT molecular complexity index is 792. The molecule has 0 heterocycles. The maximum atomic E-state index is 12.4. The Kier molecular flexibility index (Phi) is 9.10. The van der Waals surface area contributed by atoms with Crippen LogP contribution in [-0.2, 0) is 25.3 Å². The number of urea groups is 1. The van der Waals surface area contributed by atoms with Crippen molar-refractivity contribution < 1.29 is 32.1 Å². The van der Waals surface area contributed by atoms with Gasteiger partial charge in [0.25, 0.3) is 0 Å². The fourth-order valence-corrected chi connectivity index (χ4v) is 6.02. The van der Waals surface area contributed by atoms with Gasteiger partial charge in [0.1, 0.15) is 6.10 Å². The van der Waals surface area contributed by atoms with Crippen molar-refractivity contribution in [3.63, 3.8) is 0 Å². The Morgan fingerprint density at radius 3 is 2.45 bits per heavy atom. The van der Waals surface area contributed by atoms with Gasteiger partial charge >= 0.3 is 13.9 Å². The van der Waals surface area contributed by atoms with Gasteiger partial charge in [0.2, 0.25) is 0 Å². The van der Waals surface area contributed by atoms with Crippen LogP contribution >= 0.6 is 7.82 Å². The first-order valence-corrected chi connectivity index (χ1v) is 13.0. The molecule has 1 aliphatic carbocycles. The summed E-state index contributed by atoms with van der Waals surface area (Å²) in [5.74, 6) is -0.513. The van der Waals surface area contributed by atoms with Gasteiger partial charge in [-0.15, -0.1) is 0 Å². The summed E-state index contributed by atoms with van der Waals surface area (Å²) in [6, 6.07) is 8.98. The molecule has 1 unspecified atom stereocenters. The number of hydrogen-bond donors (Lipinski definition) is 4. The van der Waals surface area contributed by atoms with Crippen LogP contribution in [0.3, 0.4) is 0 Å². The van der Waals surface area contributed by atoms with Gasteiger partial charge in [-0.2, -0.15) is 0 Å². The van der Waals surface area contributed by atoms with E-state index in [-0.39, 0.29) is 18.2 Å². The molecule has 0 aliphatic heterocycles. The minimum atomic E-state index is -4.90. The van der Waals surface area contributed by atoms with Crippen LogP contribution in [0.5, 0.6) is 0 Å². The molecule has 9 nitrogen and oxygen atoms in total. The number of benzene rings is 1. The second-order valence-electron chi connectivity index (χ2n) is 7.32. The van der Waals surface area contributed by atoms with Crippen molar-refractivity contribution in [1.29, 1.82) is 0 Å². The van der Waals surface area contributed by atoms with Gasteiger partial charge in [0.15, 0.2) is 9.84 Å². The number of carbonyl (C=O) groups is 1. The SMILES string of the molecule is O=C(NCCc1ccccc1)NCC(CS(=O)(=O)CC1CCCC1)OP(=O)(O)O. The molecule has 1 fully saturated rings. The smallest absolute Gasteiger partial charge is 0.338 e. The third-order valence-corrected chi connectivity index (χ3v) is 7.15. The summed E-state index contributed by atoms with van der Waals surface area (Å²) in [4.78, 5) is 30.1. The summed E-state index contributed by atoms with van der Waals surface area (Å²) in [5, 5.41) is 5.05. The molecule has 0 saturated heterocycles. The molecule has 0 radical (unpaired) electrons. The van der Waals surface area contributed by atoms with Gasteiger partial charge in [0.05, 0.1) is 11.5 Å². The van der Waals surface area contributed by atoms with Crippen molar-refractivity contribution in [3.05, 3.63) is 35.9 Å². The number of rotatable bonds is 11. The van der Waals surface area contributed by atoms with Crippen LogP contribution < -0.4 is 10.6 Å². The van der Waals surface area contributed by atoms with E-state index in [0.29, 0.717) is 13.0 Å². The Hall–Kier alpha value is -1.45. The van der Waals surface area contributed by atoms with Gasteiger partial charge in [0, 0.05) is 13.1 Å². The Morgan fingerprint density at radius 2 is 1.83 bits per heavy atom. The van der Waals surface area contributed by atoms with E-state index in [0.717, 1.165) is 31.2 Å². The molecule has 4 N–H and O–H groups in total. The standard InChI is InChI=1S/C18H29N2O7PS/c21-18(19-11-10-15-6-2-1-3-7-15)20-12-17(27-28(22,23)24)14-29(25,26)13-16-8-4-5-9-16/h1-3,6-7,16-17H,4-5,8-14H2,(H2,19,20,21)(H2,22,23,24). The van der Waals surface area contributed by atoms with Gasteiger partial charge in [-0.1, -0.05) is 43.2 Å². The molecule has 164 valence electrons. The zero-order valence-electron chi connectivity index (χ0n) is 16.2. The lowest BCUT2D eigenvalue weighted by molar-refractivity contribution is 0.145. The van der Waals surface area contributed by atoms with Crippen molar-refractivity contribution >= 4 is 23.7 Å². The average molecular weight is 448 g/mol. The van der Waals surface area contributed by atoms with E-state index in [1.807, 2.05) is 30.3 Å². The van der Waals surface area contributed by atoms with Crippen LogP contribution in [0.25, 0.3) is 0 Å². The fraction of sp³-hybridized carbons (Fsp3) is 0.611. The summed E-state index contributed by atoms with van der Waals surface area (Å²) < 4.78 is 40.6. The minimum absolute atomic E-state index is 0.0305. The molecule has 11 heteroatoms. The summed E-state index contributed by atoms with van der Waals surface area (Å²) in [6.07, 6.45) is 2.95. The third-order valence-electron chi connectivity index (χ3n) is 4.72. The van der Waals surface area contributed by atoms with Gasteiger partial charge in [-0.25, -0.2) is 17.8 Å². The second kappa shape index (κ2) is 11.1. The number of amides is 2. The van der Waals surface area contributed by atoms with E-state index in [9.17, 15) is 17.8 Å². The quantitative estimate of drug-likeness (QED) is 0.377. The monoisotopic (exact) mass is 448 g/mol. The predicted molar refractivity (Wildman–Crippen MR) is 109 cm³/mol. The van der Waals surface area contributed by atoms with Crippen molar-refractivity contribution in [2.45, 2.75) is 38.2 Å². The molecule has 1 aliphatic rings. The summed E-state index contributed by atoms with van der Waals surface area (Å²) in [7, 11) is -8.48. The number of nitrogens with one attached hydrogen (secondary N) is 2. The highest BCUT2D eigenvalue weighted by Crippen LogP contribution is 2.38. The molecular formula is C18H29N2O7PS. The number of phosphoric acid groups is 1. The van der Waals surface area contributed by atoms with Crippen molar-refractivity contribution in [1.82, 2.24) is 10.6 Å². The predicted octanol–water partition coefficient (Wildman–Crippen LogP) is 1.61. The first-order chi connectivity index (χ1) is 13.6. The minimum Gasteiger partial charge on any atom is -0.338 e. The van der Waals surface area contributed by atoms with E-state index in [1.54, 1.807) is 0 Å². The highest BCUT2D eigenvalue weighted by atomic mass is 32.2. The first-order valence-electron chi connectivity index (χ1n) is 9.63. The van der Waals surface area contributed by atoms with Crippen LogP contribution in [0.2, 0.25) is 0 Å². The van der Waals surface area contributed by atoms with Crippen LogP contribution in [0.4, 0.5) is 4.79 Å². The van der Waals surface area contributed by atoms with Crippen LogP contribution in [0.1, 0.15) is 31.2 Å². The summed E-state index contributed by atoms with van der Waals surface area (Å²) in [6.45, 7) is 0.0337. The molecule has 0 aromatic heterocycles. The molecule has 1 atom stereocenters. The van der Waals surface area contributed by atoms with Crippen LogP contribution in [-0.4, -0.2) is 54.9 Å². The van der Waals surface area contributed by atoms with E-state index < -0.39 is 35.5 Å². The van der Waals surface area contributed by atoms with E-state index in [4.69, 9.17) is 9.79 Å². The lowest BCUT2D eigenvalue weighted by Gasteiger charge is -2.20. The third kappa shape index (κ3) is 10.2. The van der Waals surface area contributed by atoms with E-state index >= 15 is 0 Å². The molecule has 1 saturated carbocycles. The maximum Gasteiger partial charge on any atom is 0.469 e. The molecular weight excluding hydrogens is 419 g/mol. The molecule has 2 rings (SSSR count). The molecule has 0 bridgehead atoms. The van der Waals surface area contributed by atoms with Gasteiger partial charge in [-0.3, -0.25) is 4.52 Å². The van der Waals surface area contributed by atoms with Crippen molar-refractivity contribution in [2.75, 3.05) is 24.6 Å². The molecule has 1 aromatic rings. The largest absolute Gasteiger partial charge is 0.469 e. The fourth-order valence-electron chi connectivity index (χ4n) is 3.44. The molecule has 1 aromatic carbocycles. The Morgan fingerprint density at radius 1 is 1.17 bits per heavy atom. The number of hydrogen-bond acceptors (Lipinski definition) is 5. The van der Waals surface area contributed by atoms with Crippen molar-refractivity contribution in [3.8, 4) is 0 Å². The van der Waals surface area contributed by atoms with Gasteiger partial charge < -0.3 is 20.4 Å². The normalized spacial score (nSPS) is 16.5. The number of sulfone groups is 1. The maximum absolute atomic E-state index is 12.4. The highest BCUT2D eigenvalue weighted by molar-refractivity contribution is 7.91. The lowest BCUT2D eigenvalue weighted by Crippen LogP contribution is -2.43. The summed E-state index contributed by atoms with van der Waals surface area (Å²) in [5.41, 5.74) is 1.05. The van der Waals surface area contributed by atoms with Gasteiger partial charge in [-0.05, 0) is 30.7 Å². The van der Waals surface area contributed by atoms with Crippen LogP contribution in [0, 0.1) is 5.92 Å². The van der Waals surface area contributed by atoms with E-state index in [2.05, 4.69) is 15.2 Å².